The van der Waals surface area contributed by atoms with Gasteiger partial charge in [0.25, 0.3) is 5.91 Å². The molecule has 1 unspecified atom stereocenters. The zero-order valence-electron chi connectivity index (χ0n) is 11.3. The van der Waals surface area contributed by atoms with Crippen molar-refractivity contribution < 1.29 is 14.4 Å². The van der Waals surface area contributed by atoms with Gasteiger partial charge in [-0.1, -0.05) is 0 Å². The fourth-order valence-corrected chi connectivity index (χ4v) is 2.43. The molecule has 108 valence electrons. The maximum atomic E-state index is 12.6. The standard InChI is InChI=1S/C14H14N4O3/c1-7-13(20)17-12(19)6-18(7)14(21)10-5-16-11-3-2-8(15)4-9(10)11/h2-5,7,16H,6,15H2,1H3,(H,17,19,20). The lowest BCUT2D eigenvalue weighted by molar-refractivity contribution is -0.138. The van der Waals surface area contributed by atoms with Crippen molar-refractivity contribution in [3.8, 4) is 0 Å². The average Bonchev–Trinajstić information content (AvgIpc) is 2.85. The van der Waals surface area contributed by atoms with Gasteiger partial charge in [-0.15, -0.1) is 0 Å². The van der Waals surface area contributed by atoms with Crippen molar-refractivity contribution >= 4 is 34.3 Å². The van der Waals surface area contributed by atoms with Gasteiger partial charge in [-0.2, -0.15) is 0 Å². The number of H-pyrrole nitrogens is 1. The summed E-state index contributed by atoms with van der Waals surface area (Å²) in [7, 11) is 0. The number of anilines is 1. The molecule has 1 aromatic heterocycles. The Morgan fingerprint density at radius 2 is 2.14 bits per heavy atom. The fourth-order valence-electron chi connectivity index (χ4n) is 2.43. The third-order valence-electron chi connectivity index (χ3n) is 3.62. The van der Waals surface area contributed by atoms with Gasteiger partial charge in [-0.05, 0) is 25.1 Å². The monoisotopic (exact) mass is 286 g/mol. The Balaban J connectivity index is 2.02. The Kier molecular flexibility index (Phi) is 2.90. The lowest BCUT2D eigenvalue weighted by Gasteiger charge is -2.31. The first-order valence-electron chi connectivity index (χ1n) is 6.48. The third-order valence-corrected chi connectivity index (χ3v) is 3.62. The minimum absolute atomic E-state index is 0.138. The number of aromatic amines is 1. The van der Waals surface area contributed by atoms with Crippen molar-refractivity contribution in [2.75, 3.05) is 12.3 Å². The van der Waals surface area contributed by atoms with Crippen LogP contribution in [0, 0.1) is 0 Å². The highest BCUT2D eigenvalue weighted by atomic mass is 16.2. The Morgan fingerprint density at radius 1 is 1.38 bits per heavy atom. The minimum atomic E-state index is -0.693. The summed E-state index contributed by atoms with van der Waals surface area (Å²) < 4.78 is 0. The molecule has 1 aliphatic rings. The number of aromatic nitrogens is 1. The van der Waals surface area contributed by atoms with Crippen LogP contribution in [-0.4, -0.2) is 40.2 Å². The fraction of sp³-hybridized carbons (Fsp3) is 0.214. The Bertz CT molecular complexity index is 765. The molecule has 2 heterocycles. The quantitative estimate of drug-likeness (QED) is 0.515. The SMILES string of the molecule is CC1C(=O)NC(=O)CN1C(=O)c1c[nH]c2ccc(N)cc12. The van der Waals surface area contributed by atoms with Gasteiger partial charge in [0.2, 0.25) is 11.8 Å². The van der Waals surface area contributed by atoms with E-state index in [0.29, 0.717) is 16.6 Å². The number of fused-ring (bicyclic) bond motifs is 1. The Morgan fingerprint density at radius 3 is 2.90 bits per heavy atom. The highest BCUT2D eigenvalue weighted by molar-refractivity contribution is 6.12. The number of piperazine rings is 1. The number of carbonyl (C=O) groups excluding carboxylic acids is 3. The van der Waals surface area contributed by atoms with Crippen LogP contribution in [0.4, 0.5) is 5.69 Å². The van der Waals surface area contributed by atoms with Gasteiger partial charge in [-0.3, -0.25) is 19.7 Å². The normalized spacial score (nSPS) is 18.9. The molecule has 7 heteroatoms. The summed E-state index contributed by atoms with van der Waals surface area (Å²) in [5.74, 6) is -1.33. The molecule has 4 N–H and O–H groups in total. The Labute approximate surface area is 120 Å². The highest BCUT2D eigenvalue weighted by Crippen LogP contribution is 2.23. The van der Waals surface area contributed by atoms with Crippen molar-refractivity contribution in [2.45, 2.75) is 13.0 Å². The number of nitrogen functional groups attached to an aromatic ring is 1. The minimum Gasteiger partial charge on any atom is -0.399 e. The number of benzene rings is 1. The third kappa shape index (κ3) is 2.12. The lowest BCUT2D eigenvalue weighted by Crippen LogP contribution is -2.58. The number of rotatable bonds is 1. The maximum absolute atomic E-state index is 12.6. The summed E-state index contributed by atoms with van der Waals surface area (Å²) in [6.45, 7) is 1.45. The van der Waals surface area contributed by atoms with Crippen LogP contribution < -0.4 is 11.1 Å². The zero-order valence-corrected chi connectivity index (χ0v) is 11.3. The van der Waals surface area contributed by atoms with E-state index < -0.39 is 17.9 Å². The van der Waals surface area contributed by atoms with Crippen LogP contribution in [0.15, 0.2) is 24.4 Å². The number of nitrogens with one attached hydrogen (secondary N) is 2. The van der Waals surface area contributed by atoms with E-state index in [1.165, 1.54) is 4.90 Å². The van der Waals surface area contributed by atoms with Crippen LogP contribution in [0.25, 0.3) is 10.9 Å². The predicted octanol–water partition coefficient (Wildman–Crippen LogP) is 0.237. The summed E-state index contributed by atoms with van der Waals surface area (Å²) in [6, 6.07) is 4.50. The molecule has 3 rings (SSSR count). The van der Waals surface area contributed by atoms with E-state index in [4.69, 9.17) is 5.73 Å². The van der Waals surface area contributed by atoms with Crippen LogP contribution in [-0.2, 0) is 9.59 Å². The maximum Gasteiger partial charge on any atom is 0.257 e. The number of amides is 3. The second kappa shape index (κ2) is 4.62. The molecule has 21 heavy (non-hydrogen) atoms. The number of hydrogen-bond donors (Lipinski definition) is 3. The predicted molar refractivity (Wildman–Crippen MR) is 76.4 cm³/mol. The van der Waals surface area contributed by atoms with Crippen molar-refractivity contribution in [2.24, 2.45) is 0 Å². The number of hydrogen-bond acceptors (Lipinski definition) is 4. The first-order chi connectivity index (χ1) is 9.97. The number of nitrogens with zero attached hydrogens (tertiary/aromatic N) is 1. The van der Waals surface area contributed by atoms with E-state index in [-0.39, 0.29) is 12.5 Å². The number of nitrogens with two attached hydrogens (primary N) is 1. The first-order valence-corrected chi connectivity index (χ1v) is 6.48. The number of carbonyl (C=O) groups is 3. The summed E-state index contributed by atoms with van der Waals surface area (Å²) in [5, 5.41) is 2.88. The van der Waals surface area contributed by atoms with E-state index in [0.717, 1.165) is 5.52 Å². The molecule has 0 bridgehead atoms. The molecule has 3 amide bonds. The van der Waals surface area contributed by atoms with Crippen molar-refractivity contribution in [3.63, 3.8) is 0 Å². The smallest absolute Gasteiger partial charge is 0.257 e. The molecule has 1 aromatic carbocycles. The molecule has 0 saturated carbocycles. The van der Waals surface area contributed by atoms with Crippen LogP contribution in [0.1, 0.15) is 17.3 Å². The summed E-state index contributed by atoms with van der Waals surface area (Å²) in [6.07, 6.45) is 1.57. The average molecular weight is 286 g/mol. The Hall–Kier alpha value is -2.83. The van der Waals surface area contributed by atoms with Crippen LogP contribution in [0.2, 0.25) is 0 Å². The summed E-state index contributed by atoms with van der Waals surface area (Å²) in [4.78, 5) is 40.0. The van der Waals surface area contributed by atoms with E-state index in [9.17, 15) is 14.4 Å². The molecular formula is C14H14N4O3. The van der Waals surface area contributed by atoms with Crippen molar-refractivity contribution in [1.82, 2.24) is 15.2 Å². The molecular weight excluding hydrogens is 272 g/mol. The van der Waals surface area contributed by atoms with Gasteiger partial charge in [0, 0.05) is 22.8 Å². The zero-order chi connectivity index (χ0) is 15.1. The van der Waals surface area contributed by atoms with E-state index in [2.05, 4.69) is 10.3 Å². The molecule has 0 radical (unpaired) electrons. The lowest BCUT2D eigenvalue weighted by atomic mass is 10.1. The van der Waals surface area contributed by atoms with Gasteiger partial charge >= 0.3 is 0 Å². The summed E-state index contributed by atoms with van der Waals surface area (Å²) in [5.41, 5.74) is 7.45. The summed E-state index contributed by atoms with van der Waals surface area (Å²) >= 11 is 0. The van der Waals surface area contributed by atoms with Gasteiger partial charge < -0.3 is 15.6 Å². The van der Waals surface area contributed by atoms with Gasteiger partial charge in [-0.25, -0.2) is 0 Å². The van der Waals surface area contributed by atoms with Gasteiger partial charge in [0.05, 0.1) is 5.56 Å². The van der Waals surface area contributed by atoms with E-state index in [1.54, 1.807) is 31.3 Å². The molecule has 1 atom stereocenters. The molecule has 2 aromatic rings. The van der Waals surface area contributed by atoms with Crippen molar-refractivity contribution in [1.29, 1.82) is 0 Å². The molecule has 1 saturated heterocycles. The van der Waals surface area contributed by atoms with Crippen molar-refractivity contribution in [3.05, 3.63) is 30.0 Å². The molecule has 1 fully saturated rings. The molecule has 1 aliphatic heterocycles. The highest BCUT2D eigenvalue weighted by Gasteiger charge is 2.34. The van der Waals surface area contributed by atoms with E-state index >= 15 is 0 Å². The van der Waals surface area contributed by atoms with Gasteiger partial charge in [0.15, 0.2) is 0 Å². The van der Waals surface area contributed by atoms with Crippen LogP contribution in [0.5, 0.6) is 0 Å². The van der Waals surface area contributed by atoms with Gasteiger partial charge in [0.1, 0.15) is 12.6 Å². The van der Waals surface area contributed by atoms with Crippen LogP contribution >= 0.6 is 0 Å². The molecule has 7 nitrogen and oxygen atoms in total. The number of imide groups is 1. The molecule has 0 aliphatic carbocycles. The van der Waals surface area contributed by atoms with E-state index in [1.807, 2.05) is 0 Å². The second-order valence-electron chi connectivity index (χ2n) is 5.03. The largest absolute Gasteiger partial charge is 0.399 e. The molecule has 0 spiro atoms. The van der Waals surface area contributed by atoms with Crippen LogP contribution in [0.3, 0.4) is 0 Å². The second-order valence-corrected chi connectivity index (χ2v) is 5.03. The first kappa shape index (κ1) is 13.2. The topological polar surface area (TPSA) is 108 Å².